The number of aromatic nitrogens is 2. The van der Waals surface area contributed by atoms with E-state index in [0.717, 1.165) is 62.7 Å². The van der Waals surface area contributed by atoms with E-state index in [9.17, 15) is 4.79 Å². The molecule has 2 fully saturated rings. The first-order valence-corrected chi connectivity index (χ1v) is 9.12. The molecule has 1 aromatic heterocycles. The number of nitrogens with one attached hydrogen (secondary N) is 2. The first kappa shape index (κ1) is 17.1. The largest absolute Gasteiger partial charge is 0.356 e. The van der Waals surface area contributed by atoms with Crippen LogP contribution in [-0.4, -0.2) is 47.6 Å². The average Bonchev–Trinajstić information content (AvgIpc) is 2.54. The molecule has 0 aliphatic carbocycles. The maximum Gasteiger partial charge on any atom is 0.223 e. The smallest absolute Gasteiger partial charge is 0.223 e. The van der Waals surface area contributed by atoms with Gasteiger partial charge < -0.3 is 15.5 Å². The van der Waals surface area contributed by atoms with Crippen molar-refractivity contribution in [3.05, 3.63) is 17.6 Å². The van der Waals surface area contributed by atoms with Crippen molar-refractivity contribution in [1.29, 1.82) is 0 Å². The lowest BCUT2D eigenvalue weighted by atomic mass is 9.92. The summed E-state index contributed by atoms with van der Waals surface area (Å²) in [4.78, 5) is 23.7. The van der Waals surface area contributed by atoms with Crippen molar-refractivity contribution in [3.63, 3.8) is 0 Å². The van der Waals surface area contributed by atoms with Gasteiger partial charge in [-0.1, -0.05) is 0 Å². The van der Waals surface area contributed by atoms with Crippen LogP contribution in [0.4, 0.5) is 5.82 Å². The molecule has 2 aliphatic heterocycles. The first-order valence-electron chi connectivity index (χ1n) is 9.12. The third-order valence-corrected chi connectivity index (χ3v) is 5.11. The van der Waals surface area contributed by atoms with E-state index in [1.807, 2.05) is 19.9 Å². The summed E-state index contributed by atoms with van der Waals surface area (Å²) in [5.74, 6) is 2.25. The lowest BCUT2D eigenvalue weighted by Crippen LogP contribution is -2.49. The van der Waals surface area contributed by atoms with E-state index in [1.54, 1.807) is 0 Å². The van der Waals surface area contributed by atoms with Crippen LogP contribution in [0.5, 0.6) is 0 Å². The molecule has 6 nitrogen and oxygen atoms in total. The molecule has 2 aliphatic rings. The number of rotatable bonds is 3. The first-order chi connectivity index (χ1) is 11.5. The second kappa shape index (κ2) is 7.47. The summed E-state index contributed by atoms with van der Waals surface area (Å²) < 4.78 is 0. The van der Waals surface area contributed by atoms with Crippen LogP contribution >= 0.6 is 0 Å². The number of nitrogens with zero attached hydrogens (tertiary/aromatic N) is 3. The normalized spacial score (nSPS) is 25.5. The number of anilines is 1. The molecule has 6 heteroatoms. The van der Waals surface area contributed by atoms with Gasteiger partial charge in [0.2, 0.25) is 5.91 Å². The molecule has 2 atom stereocenters. The van der Waals surface area contributed by atoms with Gasteiger partial charge in [-0.05, 0) is 53.0 Å². The Bertz CT molecular complexity index is 563. The average molecular weight is 331 g/mol. The Morgan fingerprint density at radius 2 is 2.00 bits per heavy atom. The molecule has 24 heavy (non-hydrogen) atoms. The topological polar surface area (TPSA) is 70.2 Å². The molecule has 0 unspecified atom stereocenters. The number of hydrogen-bond acceptors (Lipinski definition) is 5. The maximum atomic E-state index is 12.5. The molecule has 3 rings (SSSR count). The zero-order valence-electron chi connectivity index (χ0n) is 15.0. The molecule has 1 amide bonds. The number of carbonyl (C=O) groups is 1. The summed E-state index contributed by atoms with van der Waals surface area (Å²) in [7, 11) is 0. The van der Waals surface area contributed by atoms with Crippen LogP contribution in [0.15, 0.2) is 6.07 Å². The summed E-state index contributed by atoms with van der Waals surface area (Å²) in [5, 5.41) is 6.68. The van der Waals surface area contributed by atoms with E-state index < -0.39 is 0 Å². The molecule has 0 bridgehead atoms. The Labute approximate surface area is 144 Å². The zero-order valence-corrected chi connectivity index (χ0v) is 15.0. The number of amides is 1. The van der Waals surface area contributed by atoms with Crippen LogP contribution in [0.1, 0.15) is 44.1 Å². The van der Waals surface area contributed by atoms with Crippen LogP contribution in [0.3, 0.4) is 0 Å². The van der Waals surface area contributed by atoms with Gasteiger partial charge in [-0.3, -0.25) is 4.79 Å². The minimum absolute atomic E-state index is 0.173. The Kier molecular flexibility index (Phi) is 5.33. The van der Waals surface area contributed by atoms with Crippen molar-refractivity contribution < 1.29 is 4.79 Å². The van der Waals surface area contributed by atoms with Crippen LogP contribution in [0, 0.1) is 19.8 Å². The Balaban J connectivity index is 1.50. The Hall–Kier alpha value is -1.69. The lowest BCUT2D eigenvalue weighted by Gasteiger charge is -2.35. The quantitative estimate of drug-likeness (QED) is 0.880. The van der Waals surface area contributed by atoms with E-state index in [0.29, 0.717) is 12.1 Å². The predicted octanol–water partition coefficient (Wildman–Crippen LogP) is 1.57. The predicted molar refractivity (Wildman–Crippen MR) is 95.1 cm³/mol. The fraction of sp³-hybridized carbons (Fsp3) is 0.722. The van der Waals surface area contributed by atoms with Crippen molar-refractivity contribution in [2.75, 3.05) is 24.5 Å². The Morgan fingerprint density at radius 1 is 1.25 bits per heavy atom. The fourth-order valence-electron chi connectivity index (χ4n) is 3.80. The monoisotopic (exact) mass is 331 g/mol. The summed E-state index contributed by atoms with van der Waals surface area (Å²) >= 11 is 0. The standard InChI is InChI=1S/C18H29N5O/c1-12-10-15(4-7-19-12)18(24)22-16-5-8-23(9-6-16)17-11-13(2)20-14(3)21-17/h11-12,15-16,19H,4-10H2,1-3H3,(H,22,24)/t12-,15-/m0/s1. The minimum Gasteiger partial charge on any atom is -0.356 e. The van der Waals surface area contributed by atoms with Crippen LogP contribution in [0.2, 0.25) is 0 Å². The second-order valence-electron chi connectivity index (χ2n) is 7.26. The molecular formula is C18H29N5O. The van der Waals surface area contributed by atoms with Gasteiger partial charge in [-0.15, -0.1) is 0 Å². The highest BCUT2D eigenvalue weighted by molar-refractivity contribution is 5.79. The van der Waals surface area contributed by atoms with Gasteiger partial charge in [0, 0.05) is 42.9 Å². The molecule has 2 saturated heterocycles. The van der Waals surface area contributed by atoms with Crippen LogP contribution in [0.25, 0.3) is 0 Å². The summed E-state index contributed by atoms with van der Waals surface area (Å²) in [6.45, 7) is 8.91. The van der Waals surface area contributed by atoms with Crippen LogP contribution < -0.4 is 15.5 Å². The summed E-state index contributed by atoms with van der Waals surface area (Å²) in [6.07, 6.45) is 3.86. The highest BCUT2D eigenvalue weighted by Crippen LogP contribution is 2.21. The van der Waals surface area contributed by atoms with Crippen molar-refractivity contribution in [1.82, 2.24) is 20.6 Å². The molecule has 0 radical (unpaired) electrons. The molecular weight excluding hydrogens is 302 g/mol. The van der Waals surface area contributed by atoms with E-state index in [1.165, 1.54) is 0 Å². The minimum atomic E-state index is 0.173. The molecule has 3 heterocycles. The molecule has 0 spiro atoms. The third-order valence-electron chi connectivity index (χ3n) is 5.11. The summed E-state index contributed by atoms with van der Waals surface area (Å²) in [6, 6.07) is 2.78. The molecule has 2 N–H and O–H groups in total. The molecule has 0 aromatic carbocycles. The molecule has 1 aromatic rings. The lowest BCUT2D eigenvalue weighted by molar-refractivity contribution is -0.126. The Morgan fingerprint density at radius 3 is 2.67 bits per heavy atom. The van der Waals surface area contributed by atoms with Crippen molar-refractivity contribution in [2.45, 2.75) is 58.5 Å². The number of aryl methyl sites for hydroxylation is 2. The number of piperidine rings is 2. The van der Waals surface area contributed by atoms with Gasteiger partial charge >= 0.3 is 0 Å². The van der Waals surface area contributed by atoms with Crippen LogP contribution in [-0.2, 0) is 4.79 Å². The zero-order chi connectivity index (χ0) is 17.1. The van der Waals surface area contributed by atoms with E-state index in [4.69, 9.17) is 0 Å². The SMILES string of the molecule is Cc1cc(N2CCC(NC(=O)[C@H]3CCN[C@@H](C)C3)CC2)nc(C)n1. The van der Waals surface area contributed by atoms with Gasteiger partial charge in [-0.25, -0.2) is 9.97 Å². The van der Waals surface area contributed by atoms with Crippen molar-refractivity contribution >= 4 is 11.7 Å². The van der Waals surface area contributed by atoms with Gasteiger partial charge in [0.25, 0.3) is 0 Å². The molecule has 132 valence electrons. The highest BCUT2D eigenvalue weighted by atomic mass is 16.1. The highest BCUT2D eigenvalue weighted by Gasteiger charge is 2.28. The molecule has 0 saturated carbocycles. The van der Waals surface area contributed by atoms with E-state index in [2.05, 4.69) is 32.4 Å². The van der Waals surface area contributed by atoms with E-state index >= 15 is 0 Å². The summed E-state index contributed by atoms with van der Waals surface area (Å²) in [5.41, 5.74) is 1.01. The van der Waals surface area contributed by atoms with Gasteiger partial charge in [0.1, 0.15) is 11.6 Å². The van der Waals surface area contributed by atoms with Gasteiger partial charge in [-0.2, -0.15) is 0 Å². The number of carbonyl (C=O) groups excluding carboxylic acids is 1. The maximum absolute atomic E-state index is 12.5. The third kappa shape index (κ3) is 4.23. The number of hydrogen-bond donors (Lipinski definition) is 2. The fourth-order valence-corrected chi connectivity index (χ4v) is 3.80. The van der Waals surface area contributed by atoms with Gasteiger partial charge in [0.15, 0.2) is 0 Å². The van der Waals surface area contributed by atoms with Gasteiger partial charge in [0.05, 0.1) is 0 Å². The van der Waals surface area contributed by atoms with Crippen molar-refractivity contribution in [2.24, 2.45) is 5.92 Å². The van der Waals surface area contributed by atoms with Crippen molar-refractivity contribution in [3.8, 4) is 0 Å². The van der Waals surface area contributed by atoms with E-state index in [-0.39, 0.29) is 11.8 Å². The second-order valence-corrected chi connectivity index (χ2v) is 7.26.